The van der Waals surface area contributed by atoms with Gasteiger partial charge >= 0.3 is 5.97 Å². The molecule has 1 fully saturated rings. The molecule has 0 aromatic rings. The van der Waals surface area contributed by atoms with Crippen molar-refractivity contribution >= 4 is 11.9 Å². The van der Waals surface area contributed by atoms with Gasteiger partial charge in [0.1, 0.15) is 6.04 Å². The number of carbonyl (C=O) groups excluding carboxylic acids is 1. The molecule has 6 nitrogen and oxygen atoms in total. The van der Waals surface area contributed by atoms with Crippen molar-refractivity contribution in [3.63, 3.8) is 0 Å². The molecule has 92 valence electrons. The average molecular weight is 230 g/mol. The average Bonchev–Trinajstić information content (AvgIpc) is 2.73. The molecule has 3 atom stereocenters. The number of rotatable bonds is 5. The second kappa shape index (κ2) is 5.81. The van der Waals surface area contributed by atoms with E-state index in [9.17, 15) is 9.59 Å². The number of hydrogen-bond acceptors (Lipinski definition) is 4. The number of hydrogen-bond donors (Lipinski definition) is 3. The summed E-state index contributed by atoms with van der Waals surface area (Å²) >= 11 is 0. The van der Waals surface area contributed by atoms with Crippen LogP contribution < -0.4 is 10.6 Å². The Morgan fingerprint density at radius 1 is 1.62 bits per heavy atom. The zero-order chi connectivity index (χ0) is 12.1. The first-order chi connectivity index (χ1) is 7.58. The van der Waals surface area contributed by atoms with Crippen molar-refractivity contribution < 1.29 is 19.4 Å². The van der Waals surface area contributed by atoms with Crippen LogP contribution in [-0.2, 0) is 14.3 Å². The predicted molar refractivity (Wildman–Crippen MR) is 57.1 cm³/mol. The Balaban J connectivity index is 2.43. The summed E-state index contributed by atoms with van der Waals surface area (Å²) in [5.74, 6) is -1.27. The largest absolute Gasteiger partial charge is 0.480 e. The molecule has 0 radical (unpaired) electrons. The smallest absolute Gasteiger partial charge is 0.326 e. The summed E-state index contributed by atoms with van der Waals surface area (Å²) in [4.78, 5) is 22.4. The molecule has 1 saturated heterocycles. The van der Waals surface area contributed by atoms with Crippen molar-refractivity contribution in [2.24, 2.45) is 0 Å². The maximum atomic E-state index is 11.7. The minimum Gasteiger partial charge on any atom is -0.480 e. The number of ether oxygens (including phenoxy) is 1. The predicted octanol–water partition coefficient (Wildman–Crippen LogP) is -0.657. The van der Waals surface area contributed by atoms with Crippen LogP contribution in [-0.4, -0.2) is 48.8 Å². The summed E-state index contributed by atoms with van der Waals surface area (Å²) in [5.41, 5.74) is 0. The lowest BCUT2D eigenvalue weighted by Crippen LogP contribution is -2.47. The molecule has 1 heterocycles. The Kier molecular flexibility index (Phi) is 4.70. The van der Waals surface area contributed by atoms with Gasteiger partial charge in [-0.1, -0.05) is 6.92 Å². The minimum atomic E-state index is -1.00. The van der Waals surface area contributed by atoms with E-state index in [0.717, 1.165) is 0 Å². The van der Waals surface area contributed by atoms with Crippen molar-refractivity contribution in [1.82, 2.24) is 10.6 Å². The number of carbonyl (C=O) groups is 2. The third-order valence-corrected chi connectivity index (χ3v) is 2.76. The minimum absolute atomic E-state index is 0.0284. The molecule has 1 aliphatic rings. The lowest BCUT2D eigenvalue weighted by atomic mass is 10.1. The zero-order valence-corrected chi connectivity index (χ0v) is 9.53. The topological polar surface area (TPSA) is 87.7 Å². The number of carboxylic acids is 1. The first-order valence-electron chi connectivity index (χ1n) is 5.37. The van der Waals surface area contributed by atoms with Crippen LogP contribution in [0.1, 0.15) is 19.8 Å². The number of aliphatic carboxylic acids is 1. The van der Waals surface area contributed by atoms with Gasteiger partial charge in [0.25, 0.3) is 0 Å². The first kappa shape index (κ1) is 12.9. The van der Waals surface area contributed by atoms with Gasteiger partial charge in [-0.3, -0.25) is 4.79 Å². The van der Waals surface area contributed by atoms with Crippen LogP contribution >= 0.6 is 0 Å². The molecule has 0 aromatic carbocycles. The highest BCUT2D eigenvalue weighted by atomic mass is 16.5. The number of nitrogens with one attached hydrogen (secondary N) is 2. The quantitative estimate of drug-likeness (QED) is 0.583. The zero-order valence-electron chi connectivity index (χ0n) is 9.53. The Morgan fingerprint density at radius 2 is 2.31 bits per heavy atom. The van der Waals surface area contributed by atoms with Crippen LogP contribution in [0.5, 0.6) is 0 Å². The fourth-order valence-corrected chi connectivity index (χ4v) is 1.69. The highest BCUT2D eigenvalue weighted by molar-refractivity contribution is 5.87. The fourth-order valence-electron chi connectivity index (χ4n) is 1.69. The van der Waals surface area contributed by atoms with E-state index >= 15 is 0 Å². The second-order valence-electron chi connectivity index (χ2n) is 3.86. The maximum Gasteiger partial charge on any atom is 0.326 e. The summed E-state index contributed by atoms with van der Waals surface area (Å²) in [6, 6.07) is -1.16. The molecular weight excluding hydrogens is 212 g/mol. The van der Waals surface area contributed by atoms with E-state index in [4.69, 9.17) is 9.84 Å². The van der Waals surface area contributed by atoms with Crippen LogP contribution in [0.3, 0.4) is 0 Å². The highest BCUT2D eigenvalue weighted by Gasteiger charge is 2.31. The van der Waals surface area contributed by atoms with Gasteiger partial charge in [0.2, 0.25) is 5.91 Å². The Labute approximate surface area is 94.3 Å². The van der Waals surface area contributed by atoms with E-state index in [0.29, 0.717) is 19.4 Å². The van der Waals surface area contributed by atoms with E-state index < -0.39 is 12.0 Å². The van der Waals surface area contributed by atoms with Crippen molar-refractivity contribution in [3.05, 3.63) is 0 Å². The molecule has 0 saturated carbocycles. The van der Waals surface area contributed by atoms with E-state index in [1.54, 1.807) is 14.0 Å². The molecule has 0 aromatic heterocycles. The number of amides is 1. The summed E-state index contributed by atoms with van der Waals surface area (Å²) in [6.07, 6.45) is 0.987. The SMILES string of the molecule is CCC(NC(=O)C1CC(OC)CN1)C(=O)O. The van der Waals surface area contributed by atoms with Crippen molar-refractivity contribution in [1.29, 1.82) is 0 Å². The maximum absolute atomic E-state index is 11.7. The fraction of sp³-hybridized carbons (Fsp3) is 0.800. The Hall–Kier alpha value is -1.14. The normalized spacial score (nSPS) is 26.4. The van der Waals surface area contributed by atoms with Crippen molar-refractivity contribution in [2.45, 2.75) is 38.0 Å². The molecular formula is C10H18N2O4. The molecule has 1 aliphatic heterocycles. The molecule has 0 spiro atoms. The van der Waals surface area contributed by atoms with Crippen LogP contribution in [0.15, 0.2) is 0 Å². The molecule has 6 heteroatoms. The van der Waals surface area contributed by atoms with Gasteiger partial charge in [-0.15, -0.1) is 0 Å². The van der Waals surface area contributed by atoms with E-state index in [-0.39, 0.29) is 18.1 Å². The van der Waals surface area contributed by atoms with Gasteiger partial charge in [-0.25, -0.2) is 4.79 Å². The van der Waals surface area contributed by atoms with Gasteiger partial charge in [0.05, 0.1) is 12.1 Å². The number of methoxy groups -OCH3 is 1. The number of carboxylic acid groups (broad SMARTS) is 1. The summed E-state index contributed by atoms with van der Waals surface area (Å²) in [6.45, 7) is 2.34. The molecule has 0 bridgehead atoms. The van der Waals surface area contributed by atoms with Crippen LogP contribution in [0.25, 0.3) is 0 Å². The molecule has 3 N–H and O–H groups in total. The molecule has 1 rings (SSSR count). The van der Waals surface area contributed by atoms with Gasteiger partial charge in [-0.2, -0.15) is 0 Å². The Bertz CT molecular complexity index is 270. The first-order valence-corrected chi connectivity index (χ1v) is 5.37. The lowest BCUT2D eigenvalue weighted by molar-refractivity contribution is -0.142. The Morgan fingerprint density at radius 3 is 2.75 bits per heavy atom. The van der Waals surface area contributed by atoms with E-state index in [1.165, 1.54) is 0 Å². The van der Waals surface area contributed by atoms with Crippen molar-refractivity contribution in [2.75, 3.05) is 13.7 Å². The van der Waals surface area contributed by atoms with Gasteiger partial charge < -0.3 is 20.5 Å². The van der Waals surface area contributed by atoms with Crippen LogP contribution in [0, 0.1) is 0 Å². The summed E-state index contributed by atoms with van der Waals surface area (Å²) < 4.78 is 5.11. The lowest BCUT2D eigenvalue weighted by Gasteiger charge is -2.15. The van der Waals surface area contributed by atoms with E-state index in [1.807, 2.05) is 0 Å². The third-order valence-electron chi connectivity index (χ3n) is 2.76. The van der Waals surface area contributed by atoms with Crippen LogP contribution in [0.4, 0.5) is 0 Å². The molecule has 3 unspecified atom stereocenters. The molecule has 16 heavy (non-hydrogen) atoms. The van der Waals surface area contributed by atoms with Crippen molar-refractivity contribution in [3.8, 4) is 0 Å². The van der Waals surface area contributed by atoms with Gasteiger partial charge in [0.15, 0.2) is 0 Å². The second-order valence-corrected chi connectivity index (χ2v) is 3.86. The summed E-state index contributed by atoms with van der Waals surface area (Å²) in [7, 11) is 1.60. The van der Waals surface area contributed by atoms with Crippen LogP contribution in [0.2, 0.25) is 0 Å². The highest BCUT2D eigenvalue weighted by Crippen LogP contribution is 2.09. The molecule has 0 aliphatic carbocycles. The molecule has 1 amide bonds. The third kappa shape index (κ3) is 3.18. The van der Waals surface area contributed by atoms with E-state index in [2.05, 4.69) is 10.6 Å². The van der Waals surface area contributed by atoms with Gasteiger partial charge in [-0.05, 0) is 12.8 Å². The standard InChI is InChI=1S/C10H18N2O4/c1-3-7(10(14)15)12-9(13)8-4-6(16-2)5-11-8/h6-8,11H,3-5H2,1-2H3,(H,12,13)(H,14,15). The van der Waals surface area contributed by atoms with Gasteiger partial charge in [0, 0.05) is 13.7 Å². The summed E-state index contributed by atoms with van der Waals surface area (Å²) in [5, 5.41) is 14.3. The monoisotopic (exact) mass is 230 g/mol.